The van der Waals surface area contributed by atoms with E-state index in [9.17, 15) is 20.1 Å². The van der Waals surface area contributed by atoms with Crippen molar-refractivity contribution in [3.8, 4) is 0 Å². The molecule has 0 aromatic heterocycles. The molecule has 0 bridgehead atoms. The van der Waals surface area contributed by atoms with Crippen LogP contribution in [0.5, 0.6) is 0 Å². The van der Waals surface area contributed by atoms with Crippen molar-refractivity contribution >= 4 is 12.2 Å². The average molecular weight is 564 g/mol. The molecule has 2 saturated carbocycles. The molecule has 0 radical (unpaired) electrons. The fourth-order valence-electron chi connectivity index (χ4n) is 5.19. The maximum absolute atomic E-state index is 12.4. The predicted molar refractivity (Wildman–Crippen MR) is 142 cm³/mol. The minimum absolute atomic E-state index is 0.00481. The summed E-state index contributed by atoms with van der Waals surface area (Å²) in [5.74, 6) is -0.352. The summed E-state index contributed by atoms with van der Waals surface area (Å²) in [4.78, 5) is 12.4. The smallest absolute Gasteiger partial charge is 0.252 e. The Kier molecular flexibility index (Phi) is 13.9. The SMILES string of the molecule is CNC1CC(O)(C(=O)NC2CC(N)CC(OC3C[C@H](O)C(CO)O3)C2)C1.N=CN.NC[C@H]1CC(O)[C@@H](N)CO1. The molecule has 15 nitrogen and oxygen atoms in total. The molecule has 0 spiro atoms. The molecule has 4 fully saturated rings. The van der Waals surface area contributed by atoms with Crippen LogP contribution in [0.25, 0.3) is 0 Å². The zero-order valence-electron chi connectivity index (χ0n) is 22.7. The highest BCUT2D eigenvalue weighted by molar-refractivity contribution is 5.86. The van der Waals surface area contributed by atoms with Crippen LogP contribution in [-0.2, 0) is 19.0 Å². The van der Waals surface area contributed by atoms with Crippen LogP contribution in [0.4, 0.5) is 0 Å². The van der Waals surface area contributed by atoms with Gasteiger partial charge in [0, 0.05) is 50.4 Å². The fraction of sp³-hybridized carbons (Fsp3) is 0.917. The molecule has 0 aromatic carbocycles. The van der Waals surface area contributed by atoms with Crippen molar-refractivity contribution < 1.29 is 39.4 Å². The molecule has 9 atom stereocenters. The summed E-state index contributed by atoms with van der Waals surface area (Å²) in [6.07, 6.45) is 1.67. The zero-order chi connectivity index (χ0) is 29.2. The molecule has 0 aromatic rings. The van der Waals surface area contributed by atoms with Gasteiger partial charge < -0.3 is 68.2 Å². The normalized spacial score (nSPS) is 41.6. The third-order valence-electron chi connectivity index (χ3n) is 7.53. The predicted octanol–water partition coefficient (Wildman–Crippen LogP) is -4.08. The van der Waals surface area contributed by atoms with E-state index in [0.717, 1.165) is 6.34 Å². The average Bonchev–Trinajstić information content (AvgIpc) is 3.22. The maximum Gasteiger partial charge on any atom is 0.252 e. The van der Waals surface area contributed by atoms with Gasteiger partial charge >= 0.3 is 0 Å². The van der Waals surface area contributed by atoms with Gasteiger partial charge in [-0.2, -0.15) is 0 Å². The summed E-state index contributed by atoms with van der Waals surface area (Å²) in [5, 5.41) is 50.4. The van der Waals surface area contributed by atoms with Gasteiger partial charge in [-0.05, 0) is 26.3 Å². The molecule has 2 aliphatic carbocycles. The van der Waals surface area contributed by atoms with Crippen molar-refractivity contribution in [1.82, 2.24) is 10.6 Å². The van der Waals surface area contributed by atoms with Crippen LogP contribution in [0, 0.1) is 5.41 Å². The van der Waals surface area contributed by atoms with Crippen molar-refractivity contribution in [3.63, 3.8) is 0 Å². The summed E-state index contributed by atoms with van der Waals surface area (Å²) in [6.45, 7) is 0.628. The number of aliphatic hydroxyl groups is 4. The monoisotopic (exact) mass is 563 g/mol. The van der Waals surface area contributed by atoms with E-state index in [2.05, 4.69) is 16.4 Å². The van der Waals surface area contributed by atoms with Gasteiger partial charge in [0.2, 0.25) is 0 Å². The van der Waals surface area contributed by atoms with Gasteiger partial charge in [0.15, 0.2) is 6.29 Å². The van der Waals surface area contributed by atoms with Crippen molar-refractivity contribution in [1.29, 1.82) is 5.41 Å². The molecule has 4 aliphatic rings. The Balaban J connectivity index is 0.000000341. The van der Waals surface area contributed by atoms with Crippen LogP contribution in [-0.4, -0.2) is 126 Å². The van der Waals surface area contributed by atoms with E-state index in [-0.39, 0.29) is 48.9 Å². The van der Waals surface area contributed by atoms with E-state index in [4.69, 9.17) is 41.9 Å². The van der Waals surface area contributed by atoms with Crippen molar-refractivity contribution in [3.05, 3.63) is 0 Å². The topological polar surface area (TPSA) is 278 Å². The lowest BCUT2D eigenvalue weighted by Gasteiger charge is -2.43. The van der Waals surface area contributed by atoms with E-state index >= 15 is 0 Å². The molecule has 2 saturated heterocycles. The minimum Gasteiger partial charge on any atom is -0.394 e. The van der Waals surface area contributed by atoms with Gasteiger partial charge in [-0.25, -0.2) is 0 Å². The number of rotatable bonds is 7. The Hall–Kier alpha value is -1.50. The number of carbonyl (C=O) groups is 1. The van der Waals surface area contributed by atoms with Gasteiger partial charge in [0.05, 0.1) is 50.0 Å². The lowest BCUT2D eigenvalue weighted by molar-refractivity contribution is -0.177. The first-order valence-electron chi connectivity index (χ1n) is 13.5. The Labute approximate surface area is 229 Å². The molecule has 15 N–H and O–H groups in total. The summed E-state index contributed by atoms with van der Waals surface area (Å²) in [7, 11) is 1.81. The van der Waals surface area contributed by atoms with Crippen molar-refractivity contribution in [2.75, 3.05) is 26.8 Å². The Morgan fingerprint density at radius 2 is 1.79 bits per heavy atom. The molecular weight excluding hydrogens is 514 g/mol. The first-order chi connectivity index (χ1) is 18.5. The lowest BCUT2D eigenvalue weighted by atomic mass is 9.74. The molecule has 2 heterocycles. The first kappa shape index (κ1) is 33.7. The quantitative estimate of drug-likeness (QED) is 0.104. The minimum atomic E-state index is -1.31. The molecule has 39 heavy (non-hydrogen) atoms. The number of nitrogens with two attached hydrogens (primary N) is 4. The molecular formula is C24H49N7O8. The number of nitrogens with one attached hydrogen (secondary N) is 3. The van der Waals surface area contributed by atoms with E-state index in [1.54, 1.807) is 0 Å². The molecule has 4 rings (SSSR count). The number of carbonyl (C=O) groups excluding carboxylic acids is 1. The number of amides is 1. The van der Waals surface area contributed by atoms with Crippen LogP contribution in [0.3, 0.4) is 0 Å². The molecule has 2 aliphatic heterocycles. The van der Waals surface area contributed by atoms with Gasteiger partial charge in [-0.1, -0.05) is 0 Å². The van der Waals surface area contributed by atoms with E-state index in [0.29, 0.717) is 58.1 Å². The number of hydrogen-bond donors (Lipinski definition) is 11. The Morgan fingerprint density at radius 3 is 2.33 bits per heavy atom. The Morgan fingerprint density at radius 1 is 1.13 bits per heavy atom. The lowest BCUT2D eigenvalue weighted by Crippen LogP contribution is -2.63. The summed E-state index contributed by atoms with van der Waals surface area (Å²) >= 11 is 0. The van der Waals surface area contributed by atoms with Crippen LogP contribution in [0.15, 0.2) is 0 Å². The molecule has 1 amide bonds. The molecule has 6 unspecified atom stereocenters. The van der Waals surface area contributed by atoms with E-state index in [1.165, 1.54) is 0 Å². The van der Waals surface area contributed by atoms with Crippen LogP contribution in [0.2, 0.25) is 0 Å². The third-order valence-corrected chi connectivity index (χ3v) is 7.53. The third kappa shape index (κ3) is 10.1. The first-order valence-corrected chi connectivity index (χ1v) is 13.5. The largest absolute Gasteiger partial charge is 0.394 e. The van der Waals surface area contributed by atoms with Gasteiger partial charge in [0.1, 0.15) is 11.7 Å². The van der Waals surface area contributed by atoms with Gasteiger partial charge in [-0.15, -0.1) is 0 Å². The summed E-state index contributed by atoms with van der Waals surface area (Å²) in [5.41, 5.74) is 20.0. The van der Waals surface area contributed by atoms with Crippen molar-refractivity contribution in [2.24, 2.45) is 22.9 Å². The molecule has 228 valence electrons. The summed E-state index contributed by atoms with van der Waals surface area (Å²) in [6, 6.07) is -0.363. The van der Waals surface area contributed by atoms with E-state index < -0.39 is 30.2 Å². The number of ether oxygens (including phenoxy) is 3. The van der Waals surface area contributed by atoms with Crippen molar-refractivity contribution in [2.45, 2.75) is 112 Å². The fourth-order valence-corrected chi connectivity index (χ4v) is 5.19. The second kappa shape index (κ2) is 16.1. The highest BCUT2D eigenvalue weighted by Crippen LogP contribution is 2.33. The number of hydrogen-bond acceptors (Lipinski definition) is 13. The zero-order valence-corrected chi connectivity index (χ0v) is 22.7. The second-order valence-corrected chi connectivity index (χ2v) is 10.7. The Bertz CT molecular complexity index is 747. The molecule has 15 heteroatoms. The highest BCUT2D eigenvalue weighted by atomic mass is 16.7. The second-order valence-electron chi connectivity index (χ2n) is 10.7. The van der Waals surface area contributed by atoms with Crippen LogP contribution >= 0.6 is 0 Å². The highest BCUT2D eigenvalue weighted by Gasteiger charge is 2.49. The summed E-state index contributed by atoms with van der Waals surface area (Å²) < 4.78 is 16.6. The van der Waals surface area contributed by atoms with Gasteiger partial charge in [-0.3, -0.25) is 10.2 Å². The van der Waals surface area contributed by atoms with Gasteiger partial charge in [0.25, 0.3) is 5.91 Å². The van der Waals surface area contributed by atoms with Crippen LogP contribution < -0.4 is 33.6 Å². The number of aliphatic hydroxyl groups excluding tert-OH is 3. The van der Waals surface area contributed by atoms with E-state index in [1.807, 2.05) is 7.05 Å². The maximum atomic E-state index is 12.4. The van der Waals surface area contributed by atoms with Crippen LogP contribution in [0.1, 0.15) is 44.9 Å². The standard InChI is InChI=1S/C17H31N3O6.C6H14N2O2.CH4N2/c1-19-11-6-17(24,7-11)16(23)20-10-2-9(18)3-12(4-10)25-15-5-13(22)14(8-21)26-15;7-2-4-1-6(9)5(8)3-10-4;2-1-3/h9-15,19,21-22,24H,2-8,18H2,1H3,(H,20,23);4-6,9H,1-3,7-8H2;1H,(H3,2,3)/t9?,10?,11?,12?,13-,14?,15?,17?;4-,5+,6?;/m01./s1.